The van der Waals surface area contributed by atoms with Crippen LogP contribution in [0.4, 0.5) is 5.69 Å². The van der Waals surface area contributed by atoms with E-state index in [9.17, 15) is 14.7 Å². The molecule has 22 heavy (non-hydrogen) atoms. The highest BCUT2D eigenvalue weighted by molar-refractivity contribution is 7.58. The van der Waals surface area contributed by atoms with E-state index in [1.807, 2.05) is 0 Å². The zero-order valence-corrected chi connectivity index (χ0v) is 12.4. The molecular weight excluding hydrogens is 308 g/mol. The molecular formula is C12H12N6O3S-2. The Hall–Kier alpha value is -2.75. The number of aromatic nitrogens is 4. The molecule has 1 heterocycles. The Kier molecular flexibility index (Phi) is 4.51. The Balaban J connectivity index is 2.42. The first kappa shape index (κ1) is 15.6. The number of rotatable bonds is 6. The average Bonchev–Trinajstić information content (AvgIpc) is 2.90. The normalized spacial score (nSPS) is 11.9. The molecule has 2 rings (SSSR count). The average molecular weight is 320 g/mol. The molecule has 0 spiro atoms. The van der Waals surface area contributed by atoms with Crippen LogP contribution in [-0.2, 0) is 22.2 Å². The third-order valence-electron chi connectivity index (χ3n) is 2.98. The lowest BCUT2D eigenvalue weighted by molar-refractivity contribution is -0.307. The maximum Gasteiger partial charge on any atom is 0.236 e. The number of nitrogens with two attached hydrogens (primary N) is 1. The van der Waals surface area contributed by atoms with E-state index in [1.54, 1.807) is 24.3 Å². The number of carboxylic acid groups (broad SMARTS) is 1. The molecule has 1 unspecified atom stereocenters. The third-order valence-corrected chi connectivity index (χ3v) is 3.24. The molecule has 0 aliphatic carbocycles. The Morgan fingerprint density at radius 3 is 2.77 bits per heavy atom. The summed E-state index contributed by atoms with van der Waals surface area (Å²) in [7, 11) is 0. The van der Waals surface area contributed by atoms with Crippen molar-refractivity contribution in [2.45, 2.75) is 18.1 Å². The van der Waals surface area contributed by atoms with Gasteiger partial charge in [-0.1, -0.05) is 6.07 Å². The van der Waals surface area contributed by atoms with Crippen molar-refractivity contribution in [2.24, 2.45) is 5.73 Å². The smallest absolute Gasteiger partial charge is 0.236 e. The van der Waals surface area contributed by atoms with Gasteiger partial charge in [0.05, 0.1) is 24.2 Å². The van der Waals surface area contributed by atoms with Crippen LogP contribution in [-0.4, -0.2) is 44.7 Å². The first-order chi connectivity index (χ1) is 10.4. The van der Waals surface area contributed by atoms with E-state index in [0.29, 0.717) is 11.4 Å². The molecule has 116 valence electrons. The van der Waals surface area contributed by atoms with Gasteiger partial charge in [0, 0.05) is 10.8 Å². The van der Waals surface area contributed by atoms with Crippen molar-refractivity contribution in [3.63, 3.8) is 0 Å². The van der Waals surface area contributed by atoms with E-state index in [4.69, 9.17) is 18.4 Å². The molecule has 0 radical (unpaired) electrons. The van der Waals surface area contributed by atoms with Crippen LogP contribution in [0.1, 0.15) is 6.92 Å². The van der Waals surface area contributed by atoms with Gasteiger partial charge in [-0.15, -0.1) is 5.10 Å². The summed E-state index contributed by atoms with van der Waals surface area (Å²) >= 11 is 4.97. The molecule has 1 amide bonds. The number of tetrazole rings is 1. The van der Waals surface area contributed by atoms with Crippen LogP contribution in [0, 0.1) is 0 Å². The van der Waals surface area contributed by atoms with Crippen molar-refractivity contribution in [1.82, 2.24) is 20.2 Å². The quantitative estimate of drug-likeness (QED) is 0.605. The number of carbonyl (C=O) groups excluding carboxylic acids is 2. The summed E-state index contributed by atoms with van der Waals surface area (Å²) in [5, 5.41) is 22.1. The predicted octanol–water partition coefficient (Wildman–Crippen LogP) is -2.00. The fraction of sp³-hybridized carbons (Fsp3) is 0.250. The summed E-state index contributed by atoms with van der Waals surface area (Å²) < 4.78 is 1.31. The van der Waals surface area contributed by atoms with Crippen molar-refractivity contribution in [2.75, 3.05) is 11.4 Å². The zero-order valence-electron chi connectivity index (χ0n) is 11.5. The first-order valence-electron chi connectivity index (χ1n) is 6.21. The Bertz CT molecular complexity index is 704. The molecule has 2 N–H and O–H groups in total. The maximum atomic E-state index is 11.2. The van der Waals surface area contributed by atoms with E-state index in [1.165, 1.54) is 16.5 Å². The maximum absolute atomic E-state index is 11.2. The summed E-state index contributed by atoms with van der Waals surface area (Å²) in [6.07, 6.45) is 0. The number of primary amides is 1. The van der Waals surface area contributed by atoms with Crippen molar-refractivity contribution in [3.05, 3.63) is 24.3 Å². The third kappa shape index (κ3) is 3.28. The highest BCUT2D eigenvalue weighted by Crippen LogP contribution is 2.20. The molecule has 1 aromatic heterocycles. The monoisotopic (exact) mass is 320 g/mol. The molecule has 2 aromatic rings. The zero-order chi connectivity index (χ0) is 16.3. The summed E-state index contributed by atoms with van der Waals surface area (Å²) in [5.41, 5.74) is 6.17. The standard InChI is InChI=1S/C12H14N6O3S/c1-7(11(20)21)17(6-10(13)19)8-3-2-4-9(5-8)18-12(22)14-15-16-18/h2-5,7H,6H2,1H3,(H2,13,19)(H,20,21)(H,14,16,22)/p-2. The fourth-order valence-electron chi connectivity index (χ4n) is 1.89. The van der Waals surface area contributed by atoms with Crippen molar-refractivity contribution in [3.8, 4) is 5.69 Å². The lowest BCUT2D eigenvalue weighted by Crippen LogP contribution is -2.49. The molecule has 0 saturated carbocycles. The van der Waals surface area contributed by atoms with Gasteiger partial charge < -0.3 is 33.2 Å². The van der Waals surface area contributed by atoms with Crippen LogP contribution in [0.15, 0.2) is 29.4 Å². The highest BCUT2D eigenvalue weighted by atomic mass is 32.1. The fourth-order valence-corrected chi connectivity index (χ4v) is 2.07. The second-order valence-corrected chi connectivity index (χ2v) is 4.85. The summed E-state index contributed by atoms with van der Waals surface area (Å²) in [6.45, 7) is 1.13. The number of benzene rings is 1. The van der Waals surface area contributed by atoms with Gasteiger partial charge in [-0.05, 0) is 35.5 Å². The van der Waals surface area contributed by atoms with E-state index < -0.39 is 17.9 Å². The van der Waals surface area contributed by atoms with Gasteiger partial charge in [-0.3, -0.25) is 4.79 Å². The number of hydrogen-bond donors (Lipinski definition) is 1. The molecule has 0 aliphatic rings. The number of carboxylic acids is 1. The minimum absolute atomic E-state index is 0.159. The van der Waals surface area contributed by atoms with E-state index in [-0.39, 0.29) is 11.7 Å². The number of aliphatic carboxylic acids is 1. The molecule has 0 fully saturated rings. The van der Waals surface area contributed by atoms with Crippen molar-refractivity contribution in [1.29, 1.82) is 0 Å². The molecule has 1 aromatic carbocycles. The number of nitrogens with zero attached hydrogens (tertiary/aromatic N) is 5. The summed E-state index contributed by atoms with van der Waals surface area (Å²) in [4.78, 5) is 23.6. The Morgan fingerprint density at radius 1 is 1.50 bits per heavy atom. The minimum Gasteiger partial charge on any atom is -0.738 e. The predicted molar refractivity (Wildman–Crippen MR) is 75.8 cm³/mol. The molecule has 0 aliphatic heterocycles. The van der Waals surface area contributed by atoms with Crippen LogP contribution >= 0.6 is 0 Å². The van der Waals surface area contributed by atoms with Crippen molar-refractivity contribution >= 4 is 30.2 Å². The minimum atomic E-state index is -1.32. The second-order valence-electron chi connectivity index (χ2n) is 4.48. The van der Waals surface area contributed by atoms with Gasteiger partial charge in [0.2, 0.25) is 5.91 Å². The van der Waals surface area contributed by atoms with Gasteiger partial charge >= 0.3 is 0 Å². The van der Waals surface area contributed by atoms with Crippen LogP contribution in [0.3, 0.4) is 0 Å². The largest absolute Gasteiger partial charge is 0.738 e. The van der Waals surface area contributed by atoms with Crippen LogP contribution in [0.5, 0.6) is 0 Å². The second kappa shape index (κ2) is 6.35. The Morgan fingerprint density at radius 2 is 2.23 bits per heavy atom. The number of hydrogen-bond acceptors (Lipinski definition) is 8. The molecule has 9 nitrogen and oxygen atoms in total. The first-order valence-corrected chi connectivity index (χ1v) is 6.62. The highest BCUT2D eigenvalue weighted by Gasteiger charge is 2.18. The van der Waals surface area contributed by atoms with E-state index in [2.05, 4.69) is 15.5 Å². The Labute approximate surface area is 131 Å². The van der Waals surface area contributed by atoms with Gasteiger partial charge in [-0.25, -0.2) is 4.68 Å². The molecule has 1 atom stereocenters. The van der Waals surface area contributed by atoms with Crippen LogP contribution in [0.2, 0.25) is 0 Å². The topological polar surface area (TPSA) is 130 Å². The van der Waals surface area contributed by atoms with Gasteiger partial charge in [0.25, 0.3) is 0 Å². The summed E-state index contributed by atoms with van der Waals surface area (Å²) in [6, 6.07) is 5.56. The molecule has 10 heteroatoms. The number of amides is 1. The lowest BCUT2D eigenvalue weighted by Gasteiger charge is -2.31. The van der Waals surface area contributed by atoms with Gasteiger partial charge in [0.15, 0.2) is 0 Å². The van der Waals surface area contributed by atoms with E-state index in [0.717, 1.165) is 0 Å². The number of anilines is 1. The van der Waals surface area contributed by atoms with Crippen LogP contribution < -0.4 is 15.7 Å². The van der Waals surface area contributed by atoms with Crippen LogP contribution in [0.25, 0.3) is 5.69 Å². The molecule has 0 bridgehead atoms. The van der Waals surface area contributed by atoms with E-state index >= 15 is 0 Å². The van der Waals surface area contributed by atoms with Gasteiger partial charge in [-0.2, -0.15) is 0 Å². The lowest BCUT2D eigenvalue weighted by atomic mass is 10.2. The molecule has 0 saturated heterocycles. The van der Waals surface area contributed by atoms with Crippen molar-refractivity contribution < 1.29 is 14.7 Å². The SMILES string of the molecule is CC(C(=O)[O-])N(CC(N)=O)c1cccc(-n2nnnc2[S-])c1. The van der Waals surface area contributed by atoms with Gasteiger partial charge in [0.1, 0.15) is 0 Å². The number of carbonyl (C=O) groups is 2. The summed E-state index contributed by atoms with van der Waals surface area (Å²) in [5.74, 6) is -1.98.